The van der Waals surface area contributed by atoms with E-state index < -0.39 is 0 Å². The maximum Gasteiger partial charge on any atom is 0.137 e. The van der Waals surface area contributed by atoms with Gasteiger partial charge in [0, 0.05) is 17.2 Å². The van der Waals surface area contributed by atoms with E-state index in [2.05, 4.69) is 24.0 Å². The fraction of sp³-hybridized carbons (Fsp3) is 0.500. The van der Waals surface area contributed by atoms with E-state index in [0.29, 0.717) is 5.37 Å². The minimum absolute atomic E-state index is 0.459. The van der Waals surface area contributed by atoms with Crippen molar-refractivity contribution in [3.05, 3.63) is 24.3 Å². The van der Waals surface area contributed by atoms with E-state index in [9.17, 15) is 0 Å². The Balaban J connectivity index is 2.04. The van der Waals surface area contributed by atoms with Gasteiger partial charge in [-0.05, 0) is 30.7 Å². The zero-order valence-electron chi connectivity index (χ0n) is 11.3. The fourth-order valence-corrected chi connectivity index (χ4v) is 4.75. The van der Waals surface area contributed by atoms with Crippen LogP contribution in [0, 0.1) is 0 Å². The fourth-order valence-electron chi connectivity index (χ4n) is 2.00. The molecule has 1 fully saturated rings. The van der Waals surface area contributed by atoms with Gasteiger partial charge in [-0.1, -0.05) is 37.3 Å². The summed E-state index contributed by atoms with van der Waals surface area (Å²) in [5, 5.41) is 0.459. The van der Waals surface area contributed by atoms with Crippen molar-refractivity contribution in [3.63, 3.8) is 0 Å². The van der Waals surface area contributed by atoms with E-state index >= 15 is 0 Å². The standard InChI is InChI=1S/C14H19NOS3/c1-3-4-13(15-9-10-18-14(15)17)19-12-7-5-11(16-2)6-8-12/h5-8,13H,3-4,9-10H2,1-2H3. The highest BCUT2D eigenvalue weighted by molar-refractivity contribution is 8.23. The number of rotatable bonds is 6. The highest BCUT2D eigenvalue weighted by Crippen LogP contribution is 2.34. The molecule has 1 unspecified atom stereocenters. The summed E-state index contributed by atoms with van der Waals surface area (Å²) in [6.07, 6.45) is 2.34. The van der Waals surface area contributed by atoms with E-state index in [1.165, 1.54) is 11.3 Å². The van der Waals surface area contributed by atoms with Gasteiger partial charge in [-0.15, -0.1) is 11.8 Å². The third-order valence-electron chi connectivity index (χ3n) is 3.01. The number of benzene rings is 1. The molecule has 2 rings (SSSR count). The summed E-state index contributed by atoms with van der Waals surface area (Å²) in [6, 6.07) is 8.28. The third-order valence-corrected chi connectivity index (χ3v) is 5.77. The number of ether oxygens (including phenoxy) is 1. The number of methoxy groups -OCH3 is 1. The average Bonchev–Trinajstić information content (AvgIpc) is 2.85. The van der Waals surface area contributed by atoms with Crippen LogP contribution in [0.15, 0.2) is 29.2 Å². The molecule has 0 radical (unpaired) electrons. The quantitative estimate of drug-likeness (QED) is 0.573. The molecule has 1 heterocycles. The average molecular weight is 314 g/mol. The number of nitrogens with zero attached hydrogens (tertiary/aromatic N) is 1. The molecule has 19 heavy (non-hydrogen) atoms. The van der Waals surface area contributed by atoms with Crippen molar-refractivity contribution in [3.8, 4) is 5.75 Å². The SMILES string of the molecule is CCCC(Sc1ccc(OC)cc1)N1CCSC1=S. The molecular weight excluding hydrogens is 294 g/mol. The lowest BCUT2D eigenvalue weighted by Gasteiger charge is -2.28. The molecule has 2 nitrogen and oxygen atoms in total. The predicted molar refractivity (Wildman–Crippen MR) is 89.3 cm³/mol. The molecule has 1 aromatic rings. The van der Waals surface area contributed by atoms with Gasteiger partial charge in [-0.2, -0.15) is 0 Å². The van der Waals surface area contributed by atoms with E-state index in [1.54, 1.807) is 18.9 Å². The lowest BCUT2D eigenvalue weighted by molar-refractivity contribution is 0.414. The van der Waals surface area contributed by atoms with E-state index in [0.717, 1.165) is 28.8 Å². The van der Waals surface area contributed by atoms with Gasteiger partial charge in [0.1, 0.15) is 10.1 Å². The number of thioether (sulfide) groups is 2. The second-order valence-electron chi connectivity index (χ2n) is 4.34. The van der Waals surface area contributed by atoms with Crippen LogP contribution in [-0.2, 0) is 0 Å². The summed E-state index contributed by atoms with van der Waals surface area (Å²) < 4.78 is 6.25. The van der Waals surface area contributed by atoms with E-state index in [1.807, 2.05) is 23.9 Å². The molecule has 0 N–H and O–H groups in total. The second-order valence-corrected chi connectivity index (χ2v) is 7.32. The van der Waals surface area contributed by atoms with Crippen molar-refractivity contribution >= 4 is 40.1 Å². The molecule has 1 atom stereocenters. The zero-order valence-corrected chi connectivity index (χ0v) is 13.7. The normalized spacial score (nSPS) is 16.7. The summed E-state index contributed by atoms with van der Waals surface area (Å²) >= 11 is 9.15. The first-order valence-corrected chi connectivity index (χ1v) is 8.76. The van der Waals surface area contributed by atoms with Gasteiger partial charge in [-0.25, -0.2) is 0 Å². The lowest BCUT2D eigenvalue weighted by atomic mass is 10.3. The van der Waals surface area contributed by atoms with Crippen molar-refractivity contribution in [2.75, 3.05) is 19.4 Å². The first kappa shape index (κ1) is 15.0. The zero-order chi connectivity index (χ0) is 13.7. The van der Waals surface area contributed by atoms with Crippen molar-refractivity contribution in [2.45, 2.75) is 30.0 Å². The maximum absolute atomic E-state index is 5.44. The Bertz CT molecular complexity index is 421. The molecule has 0 bridgehead atoms. The van der Waals surface area contributed by atoms with Gasteiger partial charge in [0.05, 0.1) is 12.5 Å². The van der Waals surface area contributed by atoms with Gasteiger partial charge in [0.15, 0.2) is 0 Å². The number of hydrogen-bond donors (Lipinski definition) is 0. The molecule has 1 saturated heterocycles. The second kappa shape index (κ2) is 7.41. The minimum Gasteiger partial charge on any atom is -0.497 e. The van der Waals surface area contributed by atoms with Gasteiger partial charge in [-0.3, -0.25) is 0 Å². The van der Waals surface area contributed by atoms with E-state index in [4.69, 9.17) is 17.0 Å². The van der Waals surface area contributed by atoms with Gasteiger partial charge in [0.25, 0.3) is 0 Å². The first-order valence-electron chi connectivity index (χ1n) is 6.48. The topological polar surface area (TPSA) is 12.5 Å². The molecular formula is C14H19NOS3. The Morgan fingerprint density at radius 3 is 2.68 bits per heavy atom. The van der Waals surface area contributed by atoms with Crippen LogP contribution in [0.1, 0.15) is 19.8 Å². The smallest absolute Gasteiger partial charge is 0.137 e. The summed E-state index contributed by atoms with van der Waals surface area (Å²) in [4.78, 5) is 3.65. The summed E-state index contributed by atoms with van der Waals surface area (Å²) in [5.41, 5.74) is 0. The molecule has 5 heteroatoms. The minimum atomic E-state index is 0.459. The lowest BCUT2D eigenvalue weighted by Crippen LogP contribution is -2.32. The molecule has 0 spiro atoms. The predicted octanol–water partition coefficient (Wildman–Crippen LogP) is 4.25. The van der Waals surface area contributed by atoms with Crippen LogP contribution in [-0.4, -0.2) is 34.0 Å². The van der Waals surface area contributed by atoms with Gasteiger partial charge >= 0.3 is 0 Å². The molecule has 1 aromatic carbocycles. The van der Waals surface area contributed by atoms with Crippen LogP contribution >= 0.6 is 35.7 Å². The van der Waals surface area contributed by atoms with Crippen LogP contribution in [0.5, 0.6) is 5.75 Å². The Morgan fingerprint density at radius 2 is 2.16 bits per heavy atom. The van der Waals surface area contributed by atoms with Gasteiger partial charge < -0.3 is 9.64 Å². The first-order chi connectivity index (χ1) is 9.24. The summed E-state index contributed by atoms with van der Waals surface area (Å²) in [5.74, 6) is 2.03. The summed E-state index contributed by atoms with van der Waals surface area (Å²) in [7, 11) is 1.70. The molecule has 104 valence electrons. The Morgan fingerprint density at radius 1 is 1.42 bits per heavy atom. The van der Waals surface area contributed by atoms with Crippen molar-refractivity contribution in [2.24, 2.45) is 0 Å². The van der Waals surface area contributed by atoms with Crippen LogP contribution < -0.4 is 4.74 Å². The van der Waals surface area contributed by atoms with Crippen LogP contribution in [0.3, 0.4) is 0 Å². The third kappa shape index (κ3) is 4.04. The Hall–Kier alpha value is -0.390. The molecule has 0 aliphatic carbocycles. The number of hydrogen-bond acceptors (Lipinski definition) is 4. The largest absolute Gasteiger partial charge is 0.497 e. The molecule has 1 aliphatic heterocycles. The Labute approximate surface area is 129 Å². The highest BCUT2D eigenvalue weighted by Gasteiger charge is 2.25. The molecule has 0 aromatic heterocycles. The molecule has 1 aliphatic rings. The van der Waals surface area contributed by atoms with Crippen LogP contribution in [0.4, 0.5) is 0 Å². The monoisotopic (exact) mass is 313 g/mol. The molecule has 0 saturated carbocycles. The van der Waals surface area contributed by atoms with Crippen molar-refractivity contribution < 1.29 is 4.74 Å². The van der Waals surface area contributed by atoms with Crippen LogP contribution in [0.25, 0.3) is 0 Å². The highest BCUT2D eigenvalue weighted by atomic mass is 32.2. The van der Waals surface area contributed by atoms with Crippen LogP contribution in [0.2, 0.25) is 0 Å². The van der Waals surface area contributed by atoms with Crippen molar-refractivity contribution in [1.29, 1.82) is 0 Å². The van der Waals surface area contributed by atoms with E-state index in [-0.39, 0.29) is 0 Å². The Kier molecular flexibility index (Phi) is 5.85. The van der Waals surface area contributed by atoms with Gasteiger partial charge in [0.2, 0.25) is 0 Å². The van der Waals surface area contributed by atoms with Crippen molar-refractivity contribution in [1.82, 2.24) is 4.90 Å². The maximum atomic E-state index is 5.44. The summed E-state index contributed by atoms with van der Waals surface area (Å²) in [6.45, 7) is 3.31. The number of thiocarbonyl (C=S) groups is 1. The molecule has 0 amide bonds.